The number of rotatable bonds is 4. The molecule has 1 saturated heterocycles. The Morgan fingerprint density at radius 2 is 1.72 bits per heavy atom. The number of hydrogen-bond donors (Lipinski definition) is 0. The maximum absolute atomic E-state index is 13.0. The molecule has 0 aromatic heterocycles. The standard InChI is InChI=1S/C19H22ClNO3S/c1-24-18-9-5-15(6-10-18)16-4-2-3-13-21(14-16)25(22,23)19-11-7-17(20)8-12-19/h5-12,16H,2-4,13-14H2,1H3. The van der Waals surface area contributed by atoms with Crippen LogP contribution in [-0.4, -0.2) is 32.9 Å². The fraction of sp³-hybridized carbons (Fsp3) is 0.368. The molecule has 0 bridgehead atoms. The second-order valence-corrected chi connectivity index (χ2v) is 8.66. The third-order valence-corrected chi connectivity index (χ3v) is 6.80. The third kappa shape index (κ3) is 4.17. The molecule has 0 radical (unpaired) electrons. The molecule has 1 unspecified atom stereocenters. The van der Waals surface area contributed by atoms with E-state index in [9.17, 15) is 8.42 Å². The molecule has 3 rings (SSSR count). The molecule has 25 heavy (non-hydrogen) atoms. The van der Waals surface area contributed by atoms with Crippen LogP contribution in [0, 0.1) is 0 Å². The van der Waals surface area contributed by atoms with Crippen molar-refractivity contribution in [2.24, 2.45) is 0 Å². The van der Waals surface area contributed by atoms with Gasteiger partial charge in [0.25, 0.3) is 0 Å². The lowest BCUT2D eigenvalue weighted by Crippen LogP contribution is -2.34. The van der Waals surface area contributed by atoms with Crippen LogP contribution in [0.1, 0.15) is 30.7 Å². The molecule has 0 aliphatic carbocycles. The Bertz CT molecular complexity index is 804. The fourth-order valence-electron chi connectivity index (χ4n) is 3.23. The summed E-state index contributed by atoms with van der Waals surface area (Å²) in [4.78, 5) is 0.298. The lowest BCUT2D eigenvalue weighted by atomic mass is 9.94. The molecule has 1 atom stereocenters. The van der Waals surface area contributed by atoms with E-state index in [4.69, 9.17) is 16.3 Å². The Labute approximate surface area is 154 Å². The molecule has 4 nitrogen and oxygen atoms in total. The van der Waals surface area contributed by atoms with Crippen molar-refractivity contribution < 1.29 is 13.2 Å². The summed E-state index contributed by atoms with van der Waals surface area (Å²) in [6, 6.07) is 14.3. The molecule has 1 aliphatic rings. The average molecular weight is 380 g/mol. The number of ether oxygens (including phenoxy) is 1. The van der Waals surface area contributed by atoms with E-state index in [2.05, 4.69) is 0 Å². The highest BCUT2D eigenvalue weighted by atomic mass is 35.5. The topological polar surface area (TPSA) is 46.6 Å². The molecule has 2 aromatic carbocycles. The Kier molecular flexibility index (Phi) is 5.67. The van der Waals surface area contributed by atoms with Crippen molar-refractivity contribution in [3.8, 4) is 5.75 Å². The van der Waals surface area contributed by atoms with Gasteiger partial charge in [-0.2, -0.15) is 4.31 Å². The molecule has 0 spiro atoms. The average Bonchev–Trinajstić information content (AvgIpc) is 2.89. The van der Waals surface area contributed by atoms with E-state index < -0.39 is 10.0 Å². The van der Waals surface area contributed by atoms with Crippen molar-refractivity contribution in [1.29, 1.82) is 0 Å². The first-order valence-corrected chi connectivity index (χ1v) is 10.2. The minimum Gasteiger partial charge on any atom is -0.497 e. The highest BCUT2D eigenvalue weighted by Gasteiger charge is 2.29. The number of hydrogen-bond acceptors (Lipinski definition) is 3. The third-order valence-electron chi connectivity index (χ3n) is 4.67. The maximum Gasteiger partial charge on any atom is 0.243 e. The molecular weight excluding hydrogens is 358 g/mol. The van der Waals surface area contributed by atoms with Gasteiger partial charge >= 0.3 is 0 Å². The van der Waals surface area contributed by atoms with Gasteiger partial charge in [-0.1, -0.05) is 30.2 Å². The van der Waals surface area contributed by atoms with Gasteiger partial charge in [-0.05, 0) is 60.7 Å². The van der Waals surface area contributed by atoms with Crippen molar-refractivity contribution in [3.05, 3.63) is 59.1 Å². The summed E-state index contributed by atoms with van der Waals surface area (Å²) in [5, 5.41) is 0.533. The van der Waals surface area contributed by atoms with Crippen molar-refractivity contribution in [2.75, 3.05) is 20.2 Å². The van der Waals surface area contributed by atoms with Crippen LogP contribution < -0.4 is 4.74 Å². The number of nitrogens with zero attached hydrogens (tertiary/aromatic N) is 1. The van der Waals surface area contributed by atoms with Gasteiger partial charge < -0.3 is 4.74 Å². The summed E-state index contributed by atoms with van der Waals surface area (Å²) in [5.74, 6) is 0.999. The normalized spacial score (nSPS) is 19.4. The zero-order valence-corrected chi connectivity index (χ0v) is 15.8. The van der Waals surface area contributed by atoms with E-state index in [1.165, 1.54) is 0 Å². The molecule has 0 N–H and O–H groups in total. The molecule has 1 heterocycles. The van der Waals surface area contributed by atoms with Gasteiger partial charge in [-0.25, -0.2) is 8.42 Å². The molecule has 1 fully saturated rings. The summed E-state index contributed by atoms with van der Waals surface area (Å²) in [6.45, 7) is 1.05. The smallest absolute Gasteiger partial charge is 0.243 e. The van der Waals surface area contributed by atoms with Crippen LogP contribution >= 0.6 is 11.6 Å². The van der Waals surface area contributed by atoms with Crippen molar-refractivity contribution in [2.45, 2.75) is 30.1 Å². The Morgan fingerprint density at radius 3 is 2.36 bits per heavy atom. The minimum atomic E-state index is -3.51. The first-order valence-electron chi connectivity index (χ1n) is 8.40. The van der Waals surface area contributed by atoms with Gasteiger partial charge in [-0.3, -0.25) is 0 Å². The quantitative estimate of drug-likeness (QED) is 0.795. The molecular formula is C19H22ClNO3S. The summed E-state index contributed by atoms with van der Waals surface area (Å²) >= 11 is 5.88. The van der Waals surface area contributed by atoms with E-state index in [0.717, 1.165) is 30.6 Å². The fourth-order valence-corrected chi connectivity index (χ4v) is 4.88. The van der Waals surface area contributed by atoms with Crippen LogP contribution in [0.5, 0.6) is 5.75 Å². The molecule has 0 amide bonds. The van der Waals surface area contributed by atoms with Crippen molar-refractivity contribution >= 4 is 21.6 Å². The van der Waals surface area contributed by atoms with Crippen LogP contribution in [0.25, 0.3) is 0 Å². The van der Waals surface area contributed by atoms with E-state index in [1.807, 2.05) is 24.3 Å². The Hall–Kier alpha value is -1.56. The lowest BCUT2D eigenvalue weighted by molar-refractivity contribution is 0.404. The molecule has 0 saturated carbocycles. The highest BCUT2D eigenvalue weighted by molar-refractivity contribution is 7.89. The summed E-state index contributed by atoms with van der Waals surface area (Å²) < 4.78 is 32.8. The number of methoxy groups -OCH3 is 1. The van der Waals surface area contributed by atoms with E-state index in [-0.39, 0.29) is 5.92 Å². The number of benzene rings is 2. The Morgan fingerprint density at radius 1 is 1.04 bits per heavy atom. The first kappa shape index (κ1) is 18.2. The summed E-state index contributed by atoms with van der Waals surface area (Å²) in [7, 11) is -1.87. The monoisotopic (exact) mass is 379 g/mol. The first-order chi connectivity index (χ1) is 12.0. The molecule has 2 aromatic rings. The molecule has 6 heteroatoms. The zero-order chi connectivity index (χ0) is 17.9. The minimum absolute atomic E-state index is 0.190. The lowest BCUT2D eigenvalue weighted by Gasteiger charge is -2.24. The predicted molar refractivity (Wildman–Crippen MR) is 99.8 cm³/mol. The van der Waals surface area contributed by atoms with Crippen LogP contribution in [-0.2, 0) is 10.0 Å². The molecule has 134 valence electrons. The van der Waals surface area contributed by atoms with Crippen LogP contribution in [0.4, 0.5) is 0 Å². The molecule has 1 aliphatic heterocycles. The van der Waals surface area contributed by atoms with Gasteiger partial charge in [0.1, 0.15) is 5.75 Å². The second kappa shape index (κ2) is 7.77. The van der Waals surface area contributed by atoms with E-state index in [1.54, 1.807) is 35.7 Å². The maximum atomic E-state index is 13.0. The highest BCUT2D eigenvalue weighted by Crippen LogP contribution is 2.30. The van der Waals surface area contributed by atoms with Crippen molar-refractivity contribution in [1.82, 2.24) is 4.31 Å². The van der Waals surface area contributed by atoms with Crippen LogP contribution in [0.3, 0.4) is 0 Å². The van der Waals surface area contributed by atoms with Gasteiger partial charge in [0.05, 0.1) is 12.0 Å². The number of sulfonamides is 1. The van der Waals surface area contributed by atoms with Gasteiger partial charge in [0.2, 0.25) is 10.0 Å². The SMILES string of the molecule is COc1ccc(C2CCCCN(S(=O)(=O)c3ccc(Cl)cc3)C2)cc1. The van der Waals surface area contributed by atoms with Crippen LogP contribution in [0.15, 0.2) is 53.4 Å². The van der Waals surface area contributed by atoms with Gasteiger partial charge in [0.15, 0.2) is 0 Å². The van der Waals surface area contributed by atoms with Gasteiger partial charge in [0, 0.05) is 18.1 Å². The van der Waals surface area contributed by atoms with Crippen LogP contribution in [0.2, 0.25) is 5.02 Å². The van der Waals surface area contributed by atoms with E-state index in [0.29, 0.717) is 23.0 Å². The van der Waals surface area contributed by atoms with E-state index >= 15 is 0 Å². The second-order valence-electron chi connectivity index (χ2n) is 6.28. The van der Waals surface area contributed by atoms with Crippen molar-refractivity contribution in [3.63, 3.8) is 0 Å². The van der Waals surface area contributed by atoms with Gasteiger partial charge in [-0.15, -0.1) is 0 Å². The largest absolute Gasteiger partial charge is 0.497 e. The summed E-state index contributed by atoms with van der Waals surface area (Å²) in [6.07, 6.45) is 2.88. The zero-order valence-electron chi connectivity index (χ0n) is 14.2. The number of halogens is 1. The predicted octanol–water partition coefficient (Wildman–Crippen LogP) is 4.31. The summed E-state index contributed by atoms with van der Waals surface area (Å²) in [5.41, 5.74) is 1.15. The Balaban J connectivity index is 1.84.